The van der Waals surface area contributed by atoms with Crippen molar-refractivity contribution in [2.75, 3.05) is 21.0 Å². The smallest absolute Gasteiger partial charge is 0.188 e. The third-order valence-electron chi connectivity index (χ3n) is 3.98. The summed E-state index contributed by atoms with van der Waals surface area (Å²) in [4.78, 5) is 16.3. The van der Waals surface area contributed by atoms with Gasteiger partial charge in [0.2, 0.25) is 0 Å². The van der Waals surface area contributed by atoms with Crippen molar-refractivity contribution in [3.63, 3.8) is 0 Å². The molecular formula is C22H25NO5. The van der Waals surface area contributed by atoms with Crippen LogP contribution in [0.25, 0.3) is 6.08 Å². The Hall–Kier alpha value is -3.12. The Bertz CT molecular complexity index is 868. The zero-order valence-electron chi connectivity index (χ0n) is 16.6. The van der Waals surface area contributed by atoms with E-state index in [1.54, 1.807) is 30.6 Å². The van der Waals surface area contributed by atoms with E-state index in [0.29, 0.717) is 34.6 Å². The first-order chi connectivity index (χ1) is 13.5. The first kappa shape index (κ1) is 21.2. The van der Waals surface area contributed by atoms with Crippen LogP contribution in [0, 0.1) is 0 Å². The number of hydrogen-bond donors (Lipinski definition) is 1. The number of phenols is 1. The molecule has 0 bridgehead atoms. The number of phenolic OH excluding ortho intramolecular Hbond substituents is 1. The number of hydrogen-bond acceptors (Lipinski definition) is 6. The Morgan fingerprint density at radius 2 is 1.93 bits per heavy atom. The van der Waals surface area contributed by atoms with Gasteiger partial charge in [0, 0.05) is 36.7 Å². The van der Waals surface area contributed by atoms with Crippen LogP contribution in [0.15, 0.2) is 48.3 Å². The van der Waals surface area contributed by atoms with Gasteiger partial charge in [0.15, 0.2) is 12.6 Å². The molecule has 0 spiro atoms. The van der Waals surface area contributed by atoms with Crippen LogP contribution < -0.4 is 9.47 Å². The lowest BCUT2D eigenvalue weighted by molar-refractivity contribution is 0.0500. The van der Waals surface area contributed by atoms with Crippen molar-refractivity contribution in [2.24, 2.45) is 0 Å². The first-order valence-electron chi connectivity index (χ1n) is 8.78. The molecular weight excluding hydrogens is 358 g/mol. The van der Waals surface area contributed by atoms with Gasteiger partial charge in [-0.25, -0.2) is 0 Å². The van der Waals surface area contributed by atoms with Gasteiger partial charge < -0.3 is 19.3 Å². The number of benzene rings is 1. The molecule has 2 aromatic rings. The highest BCUT2D eigenvalue weighted by molar-refractivity contribution is 6.07. The van der Waals surface area contributed by atoms with E-state index in [-0.39, 0.29) is 18.3 Å². The molecule has 1 aromatic carbocycles. The van der Waals surface area contributed by atoms with Crippen LogP contribution in [-0.2, 0) is 11.2 Å². The van der Waals surface area contributed by atoms with Gasteiger partial charge in [0.25, 0.3) is 0 Å². The van der Waals surface area contributed by atoms with Crippen molar-refractivity contribution in [3.8, 4) is 17.2 Å². The van der Waals surface area contributed by atoms with Crippen molar-refractivity contribution in [3.05, 3.63) is 65.0 Å². The lowest BCUT2D eigenvalue weighted by atomic mass is 10.0. The number of rotatable bonds is 9. The molecule has 1 N–H and O–H groups in total. The number of carbonyl (C=O) groups excluding carboxylic acids is 1. The first-order valence-corrected chi connectivity index (χ1v) is 8.78. The summed E-state index contributed by atoms with van der Waals surface area (Å²) in [5.74, 6) is 0.678. The lowest BCUT2D eigenvalue weighted by Gasteiger charge is -2.17. The number of allylic oxidation sites excluding steroid dienone is 3. The summed E-state index contributed by atoms with van der Waals surface area (Å²) >= 11 is 0. The number of ether oxygens (including phenoxy) is 3. The predicted octanol–water partition coefficient (Wildman–Crippen LogP) is 4.18. The predicted molar refractivity (Wildman–Crippen MR) is 108 cm³/mol. The Morgan fingerprint density at radius 3 is 2.54 bits per heavy atom. The fraction of sp³-hybridized carbons (Fsp3) is 0.273. The van der Waals surface area contributed by atoms with Gasteiger partial charge in [-0.2, -0.15) is 0 Å². The van der Waals surface area contributed by atoms with Crippen molar-refractivity contribution in [1.82, 2.24) is 4.98 Å². The summed E-state index contributed by atoms with van der Waals surface area (Å²) < 4.78 is 16.2. The molecule has 0 saturated heterocycles. The Balaban J connectivity index is 2.52. The number of methoxy groups -OCH3 is 2. The molecule has 0 aliphatic carbocycles. The third-order valence-corrected chi connectivity index (χ3v) is 3.98. The van der Waals surface area contributed by atoms with E-state index in [4.69, 9.17) is 14.2 Å². The quantitative estimate of drug-likeness (QED) is 0.303. The second kappa shape index (κ2) is 10.3. The number of aromatic hydroxyl groups is 1. The average molecular weight is 383 g/mol. The summed E-state index contributed by atoms with van der Waals surface area (Å²) in [5.41, 5.74) is 2.78. The van der Waals surface area contributed by atoms with Crippen LogP contribution in [-0.4, -0.2) is 36.9 Å². The summed E-state index contributed by atoms with van der Waals surface area (Å²) in [6, 6.07) is 4.80. The van der Waals surface area contributed by atoms with Crippen LogP contribution in [0.1, 0.15) is 35.3 Å². The highest BCUT2D eigenvalue weighted by Gasteiger charge is 2.18. The van der Waals surface area contributed by atoms with Crippen molar-refractivity contribution in [1.29, 1.82) is 0 Å². The summed E-state index contributed by atoms with van der Waals surface area (Å²) in [6.45, 7) is 3.95. The zero-order valence-corrected chi connectivity index (χ0v) is 16.6. The second-order valence-electron chi connectivity index (χ2n) is 6.29. The van der Waals surface area contributed by atoms with E-state index in [1.807, 2.05) is 19.9 Å². The van der Waals surface area contributed by atoms with E-state index < -0.39 is 0 Å². The molecule has 6 nitrogen and oxygen atoms in total. The summed E-state index contributed by atoms with van der Waals surface area (Å²) in [7, 11) is 3.00. The lowest BCUT2D eigenvalue weighted by Crippen LogP contribution is -2.05. The largest absolute Gasteiger partial charge is 0.507 e. The van der Waals surface area contributed by atoms with E-state index in [1.165, 1.54) is 26.4 Å². The number of aromatic nitrogens is 1. The SMILES string of the molecule is COCOc1c(C=CC(=O)c2ccncc2)c(OC)cc(O)c1CC=C(C)C. The van der Waals surface area contributed by atoms with E-state index in [2.05, 4.69) is 4.98 Å². The van der Waals surface area contributed by atoms with Gasteiger partial charge in [0.05, 0.1) is 12.7 Å². The minimum atomic E-state index is -0.180. The van der Waals surface area contributed by atoms with E-state index in [9.17, 15) is 9.90 Å². The molecule has 148 valence electrons. The molecule has 0 aliphatic heterocycles. The van der Waals surface area contributed by atoms with Crippen LogP contribution in [0.3, 0.4) is 0 Å². The minimum Gasteiger partial charge on any atom is -0.507 e. The molecule has 28 heavy (non-hydrogen) atoms. The zero-order chi connectivity index (χ0) is 20.5. The number of nitrogens with zero attached hydrogens (tertiary/aromatic N) is 1. The van der Waals surface area contributed by atoms with Gasteiger partial charge in [0.1, 0.15) is 17.2 Å². The van der Waals surface area contributed by atoms with Crippen molar-refractivity contribution in [2.45, 2.75) is 20.3 Å². The second-order valence-corrected chi connectivity index (χ2v) is 6.29. The topological polar surface area (TPSA) is 77.9 Å². The molecule has 0 saturated carbocycles. The molecule has 6 heteroatoms. The fourth-order valence-electron chi connectivity index (χ4n) is 2.56. The van der Waals surface area contributed by atoms with Gasteiger partial charge in [-0.3, -0.25) is 9.78 Å². The Morgan fingerprint density at radius 1 is 1.21 bits per heavy atom. The molecule has 0 aliphatic rings. The van der Waals surface area contributed by atoms with Crippen LogP contribution in [0.4, 0.5) is 0 Å². The highest BCUT2D eigenvalue weighted by Crippen LogP contribution is 2.40. The van der Waals surface area contributed by atoms with Crippen molar-refractivity contribution >= 4 is 11.9 Å². The van der Waals surface area contributed by atoms with Crippen molar-refractivity contribution < 1.29 is 24.1 Å². The molecule has 2 rings (SSSR count). The molecule has 0 fully saturated rings. The molecule has 1 heterocycles. The molecule has 0 unspecified atom stereocenters. The van der Waals surface area contributed by atoms with Gasteiger partial charge in [-0.15, -0.1) is 0 Å². The standard InChI is InChI=1S/C22H25NO5/c1-15(2)5-6-17-20(25)13-21(27-4)18(22(17)28-14-26-3)7-8-19(24)16-9-11-23-12-10-16/h5,7-13,25H,6,14H2,1-4H3. The highest BCUT2D eigenvalue weighted by atomic mass is 16.7. The minimum absolute atomic E-state index is 0.00638. The molecule has 0 atom stereocenters. The Kier molecular flexibility index (Phi) is 7.77. The average Bonchev–Trinajstić information content (AvgIpc) is 2.70. The third kappa shape index (κ3) is 5.44. The fourth-order valence-corrected chi connectivity index (χ4v) is 2.56. The molecule has 0 amide bonds. The molecule has 1 aromatic heterocycles. The number of pyridine rings is 1. The summed E-state index contributed by atoms with van der Waals surface area (Å²) in [5, 5.41) is 10.5. The van der Waals surface area contributed by atoms with Gasteiger partial charge in [-0.1, -0.05) is 11.6 Å². The van der Waals surface area contributed by atoms with Crippen LogP contribution in [0.2, 0.25) is 0 Å². The maximum absolute atomic E-state index is 12.4. The van der Waals surface area contributed by atoms with Crippen LogP contribution >= 0.6 is 0 Å². The van der Waals surface area contributed by atoms with Gasteiger partial charge >= 0.3 is 0 Å². The maximum Gasteiger partial charge on any atom is 0.188 e. The molecule has 0 radical (unpaired) electrons. The number of ketones is 1. The maximum atomic E-state index is 12.4. The van der Waals surface area contributed by atoms with E-state index in [0.717, 1.165) is 5.57 Å². The van der Waals surface area contributed by atoms with Gasteiger partial charge in [-0.05, 0) is 44.6 Å². The Labute approximate surface area is 165 Å². The number of carbonyl (C=O) groups is 1. The summed E-state index contributed by atoms with van der Waals surface area (Å²) in [6.07, 6.45) is 8.64. The van der Waals surface area contributed by atoms with Crippen LogP contribution in [0.5, 0.6) is 17.2 Å². The monoisotopic (exact) mass is 383 g/mol. The van der Waals surface area contributed by atoms with E-state index >= 15 is 0 Å². The normalized spacial score (nSPS) is 10.7.